The lowest BCUT2D eigenvalue weighted by atomic mass is 9.70. The zero-order valence-electron chi connectivity index (χ0n) is 15.7. The molecule has 4 heterocycles. The predicted octanol–water partition coefficient (Wildman–Crippen LogP) is 2.68. The van der Waals surface area contributed by atoms with E-state index in [-0.39, 0.29) is 16.7 Å². The molecule has 148 valence electrons. The lowest BCUT2D eigenvalue weighted by molar-refractivity contribution is -0.148. The highest BCUT2D eigenvalue weighted by molar-refractivity contribution is 7.20. The Hall–Kier alpha value is -2.19. The Morgan fingerprint density at radius 3 is 2.96 bits per heavy atom. The molecule has 7 nitrogen and oxygen atoms in total. The SMILES string of the molecule is CC1(C23CN(C(=O)O)CC2C3CCNC(=O)c2cc3cnccc3s2)COC1. The smallest absolute Gasteiger partial charge is 0.407 e. The number of nitrogens with zero attached hydrogens (tertiary/aromatic N) is 2. The summed E-state index contributed by atoms with van der Waals surface area (Å²) in [7, 11) is 0. The molecule has 1 saturated carbocycles. The topological polar surface area (TPSA) is 91.8 Å². The molecule has 2 aromatic heterocycles. The third kappa shape index (κ3) is 2.47. The Kier molecular flexibility index (Phi) is 3.93. The number of likely N-dealkylation sites (tertiary alicyclic amines) is 1. The second kappa shape index (κ2) is 6.15. The van der Waals surface area contributed by atoms with Gasteiger partial charge in [0.05, 0.1) is 18.1 Å². The average molecular weight is 401 g/mol. The molecule has 3 aliphatic rings. The standard InChI is InChI=1S/C20H23N3O4S/c1-19(10-27-11-19)20-9-23(18(25)26)8-14(20)13(20)2-5-22-17(24)16-6-12-7-21-4-3-15(12)28-16/h3-4,6-7,13-14H,2,5,8-11H2,1H3,(H,22,24)(H,25,26). The van der Waals surface area contributed by atoms with Gasteiger partial charge in [-0.3, -0.25) is 9.78 Å². The number of piperidine rings is 1. The second-order valence-electron chi connectivity index (χ2n) is 8.54. The normalized spacial score (nSPS) is 30.0. The summed E-state index contributed by atoms with van der Waals surface area (Å²) in [5, 5.41) is 13.4. The van der Waals surface area contributed by atoms with Crippen molar-refractivity contribution in [1.82, 2.24) is 15.2 Å². The molecule has 0 spiro atoms. The maximum Gasteiger partial charge on any atom is 0.407 e. The van der Waals surface area contributed by atoms with Crippen LogP contribution in [-0.2, 0) is 4.74 Å². The van der Waals surface area contributed by atoms with Crippen LogP contribution in [0.5, 0.6) is 0 Å². The first-order chi connectivity index (χ1) is 13.4. The van der Waals surface area contributed by atoms with Crippen LogP contribution in [0, 0.1) is 22.7 Å². The lowest BCUT2D eigenvalue weighted by Crippen LogP contribution is -2.51. The van der Waals surface area contributed by atoms with Gasteiger partial charge in [0.25, 0.3) is 5.91 Å². The number of hydrogen-bond donors (Lipinski definition) is 2. The molecule has 8 heteroatoms. The molecule has 2 N–H and O–H groups in total. The summed E-state index contributed by atoms with van der Waals surface area (Å²) in [5.74, 6) is 0.778. The molecule has 0 aromatic carbocycles. The van der Waals surface area contributed by atoms with Crippen molar-refractivity contribution in [3.8, 4) is 0 Å². The van der Waals surface area contributed by atoms with E-state index in [2.05, 4.69) is 17.2 Å². The summed E-state index contributed by atoms with van der Waals surface area (Å²) < 4.78 is 6.53. The van der Waals surface area contributed by atoms with Gasteiger partial charge in [0.15, 0.2) is 0 Å². The van der Waals surface area contributed by atoms with Crippen LogP contribution in [0.2, 0.25) is 0 Å². The van der Waals surface area contributed by atoms with E-state index in [0.717, 1.165) is 16.5 Å². The molecule has 2 aliphatic heterocycles. The highest BCUT2D eigenvalue weighted by atomic mass is 32.1. The van der Waals surface area contributed by atoms with Crippen LogP contribution in [0.4, 0.5) is 4.79 Å². The first-order valence-corrected chi connectivity index (χ1v) is 10.4. The number of carboxylic acid groups (broad SMARTS) is 1. The van der Waals surface area contributed by atoms with Crippen molar-refractivity contribution in [2.24, 2.45) is 22.7 Å². The van der Waals surface area contributed by atoms with Crippen LogP contribution in [0.3, 0.4) is 0 Å². The number of fused-ring (bicyclic) bond motifs is 2. The van der Waals surface area contributed by atoms with Crippen molar-refractivity contribution < 1.29 is 19.4 Å². The maximum absolute atomic E-state index is 12.5. The van der Waals surface area contributed by atoms with Gasteiger partial charge < -0.3 is 20.1 Å². The number of nitrogens with one attached hydrogen (secondary N) is 1. The van der Waals surface area contributed by atoms with Crippen LogP contribution in [0.1, 0.15) is 23.0 Å². The van der Waals surface area contributed by atoms with E-state index in [1.54, 1.807) is 17.3 Å². The molecule has 28 heavy (non-hydrogen) atoms. The number of amides is 2. The van der Waals surface area contributed by atoms with Gasteiger partial charge in [-0.05, 0) is 30.4 Å². The molecule has 3 fully saturated rings. The van der Waals surface area contributed by atoms with Gasteiger partial charge in [0.1, 0.15) is 0 Å². The highest BCUT2D eigenvalue weighted by Gasteiger charge is 2.77. The molecule has 0 radical (unpaired) electrons. The molecule has 3 atom stereocenters. The van der Waals surface area contributed by atoms with Crippen molar-refractivity contribution in [2.75, 3.05) is 32.8 Å². The van der Waals surface area contributed by atoms with Crippen molar-refractivity contribution in [2.45, 2.75) is 13.3 Å². The number of rotatable bonds is 5. The molecular weight excluding hydrogens is 378 g/mol. The highest BCUT2D eigenvalue weighted by Crippen LogP contribution is 2.74. The fraction of sp³-hybridized carbons (Fsp3) is 0.550. The summed E-state index contributed by atoms with van der Waals surface area (Å²) in [5.41, 5.74) is 0.0622. The number of pyridine rings is 1. The largest absolute Gasteiger partial charge is 0.465 e. The van der Waals surface area contributed by atoms with Crippen LogP contribution >= 0.6 is 11.3 Å². The fourth-order valence-electron chi connectivity index (χ4n) is 5.54. The maximum atomic E-state index is 12.5. The summed E-state index contributed by atoms with van der Waals surface area (Å²) in [6.45, 7) is 5.43. The number of ether oxygens (including phenoxy) is 1. The van der Waals surface area contributed by atoms with Gasteiger partial charge in [-0.2, -0.15) is 0 Å². The van der Waals surface area contributed by atoms with Crippen LogP contribution in [-0.4, -0.2) is 59.8 Å². The van der Waals surface area contributed by atoms with E-state index in [4.69, 9.17) is 4.74 Å². The molecule has 2 saturated heterocycles. The van der Waals surface area contributed by atoms with Crippen molar-refractivity contribution in [1.29, 1.82) is 0 Å². The third-order valence-electron chi connectivity index (χ3n) is 7.09. The molecule has 2 amide bonds. The van der Waals surface area contributed by atoms with Gasteiger partial charge in [-0.15, -0.1) is 11.3 Å². The minimum atomic E-state index is -0.832. The van der Waals surface area contributed by atoms with E-state index in [1.165, 1.54) is 11.3 Å². The summed E-state index contributed by atoms with van der Waals surface area (Å²) >= 11 is 1.48. The number of aromatic nitrogens is 1. The fourth-order valence-corrected chi connectivity index (χ4v) is 6.49. The average Bonchev–Trinajstić information content (AvgIpc) is 3.03. The van der Waals surface area contributed by atoms with Crippen LogP contribution < -0.4 is 5.32 Å². The molecule has 1 aliphatic carbocycles. The Bertz CT molecular complexity index is 923. The molecular formula is C20H23N3O4S. The predicted molar refractivity (Wildman–Crippen MR) is 105 cm³/mol. The quantitative estimate of drug-likeness (QED) is 0.804. The van der Waals surface area contributed by atoms with E-state index in [9.17, 15) is 14.7 Å². The molecule has 3 unspecified atom stereocenters. The lowest BCUT2D eigenvalue weighted by Gasteiger charge is -2.46. The summed E-state index contributed by atoms with van der Waals surface area (Å²) in [4.78, 5) is 30.3. The van der Waals surface area contributed by atoms with Gasteiger partial charge in [0.2, 0.25) is 0 Å². The Labute approximate surface area is 166 Å². The minimum absolute atomic E-state index is 0.0116. The van der Waals surface area contributed by atoms with Crippen LogP contribution in [0.15, 0.2) is 24.5 Å². The Morgan fingerprint density at radius 2 is 2.29 bits per heavy atom. The minimum Gasteiger partial charge on any atom is -0.465 e. The zero-order chi connectivity index (χ0) is 19.5. The first-order valence-electron chi connectivity index (χ1n) is 9.62. The van der Waals surface area contributed by atoms with Gasteiger partial charge in [-0.1, -0.05) is 6.92 Å². The Morgan fingerprint density at radius 1 is 1.46 bits per heavy atom. The molecule has 0 bridgehead atoms. The Balaban J connectivity index is 1.22. The molecule has 5 rings (SSSR count). The van der Waals surface area contributed by atoms with Gasteiger partial charge in [0, 0.05) is 52.9 Å². The molecule has 2 aromatic rings. The van der Waals surface area contributed by atoms with E-state index >= 15 is 0 Å². The van der Waals surface area contributed by atoms with Crippen molar-refractivity contribution >= 4 is 33.4 Å². The van der Waals surface area contributed by atoms with Crippen molar-refractivity contribution in [3.05, 3.63) is 29.4 Å². The second-order valence-corrected chi connectivity index (χ2v) is 9.62. The monoisotopic (exact) mass is 401 g/mol. The number of thiophene rings is 1. The zero-order valence-corrected chi connectivity index (χ0v) is 16.5. The number of carbonyl (C=O) groups is 2. The summed E-state index contributed by atoms with van der Waals surface area (Å²) in [6.07, 6.45) is 3.55. The summed E-state index contributed by atoms with van der Waals surface area (Å²) in [6, 6.07) is 3.80. The van der Waals surface area contributed by atoms with Crippen molar-refractivity contribution in [3.63, 3.8) is 0 Å². The van der Waals surface area contributed by atoms with E-state index in [1.807, 2.05) is 12.1 Å². The number of carbonyl (C=O) groups excluding carboxylic acids is 1. The number of hydrogen-bond acceptors (Lipinski definition) is 5. The van der Waals surface area contributed by atoms with Gasteiger partial charge >= 0.3 is 6.09 Å². The third-order valence-corrected chi connectivity index (χ3v) is 8.20. The van der Waals surface area contributed by atoms with E-state index in [0.29, 0.717) is 49.6 Å². The first kappa shape index (κ1) is 17.9. The van der Waals surface area contributed by atoms with Crippen LogP contribution in [0.25, 0.3) is 10.1 Å². The van der Waals surface area contributed by atoms with E-state index < -0.39 is 6.09 Å². The van der Waals surface area contributed by atoms with Gasteiger partial charge in [-0.25, -0.2) is 4.79 Å².